The summed E-state index contributed by atoms with van der Waals surface area (Å²) < 4.78 is 4.54. The monoisotopic (exact) mass is 255 g/mol. The van der Waals surface area contributed by atoms with Gasteiger partial charge in [0.05, 0.1) is 0 Å². The van der Waals surface area contributed by atoms with Gasteiger partial charge in [0.15, 0.2) is 0 Å². The van der Waals surface area contributed by atoms with Crippen LogP contribution in [0.2, 0.25) is 0 Å². The molecule has 1 aliphatic heterocycles. The van der Waals surface area contributed by atoms with Crippen LogP contribution in [0, 0.1) is 0 Å². The van der Waals surface area contributed by atoms with Crippen molar-refractivity contribution in [2.24, 2.45) is 0 Å². The lowest BCUT2D eigenvalue weighted by atomic mass is 10.2. The lowest BCUT2D eigenvalue weighted by Gasteiger charge is -1.95. The Bertz CT molecular complexity index is 488. The minimum atomic E-state index is 0.365. The topological polar surface area (TPSA) is 38.3 Å². The maximum absolute atomic E-state index is 9.76. The quantitative estimate of drug-likeness (QED) is 0.857. The van der Waals surface area contributed by atoms with E-state index in [1.54, 1.807) is 0 Å². The van der Waals surface area contributed by atoms with Crippen molar-refractivity contribution in [3.63, 3.8) is 0 Å². The lowest BCUT2D eigenvalue weighted by molar-refractivity contribution is -0.129. The first-order valence-electron chi connectivity index (χ1n) is 6.31. The molecule has 0 aliphatic carbocycles. The molecule has 0 radical (unpaired) electrons. The van der Waals surface area contributed by atoms with Crippen LogP contribution >= 0.6 is 0 Å². The third-order valence-corrected chi connectivity index (χ3v) is 2.89. The van der Waals surface area contributed by atoms with E-state index >= 15 is 0 Å². The molecule has 0 fully saturated rings. The molecular formula is C16H17NO2. The Morgan fingerprint density at radius 1 is 1.05 bits per heavy atom. The van der Waals surface area contributed by atoms with Crippen molar-refractivity contribution < 1.29 is 9.53 Å². The van der Waals surface area contributed by atoms with E-state index in [0.29, 0.717) is 13.1 Å². The number of fused-ring (bicyclic) bond motifs is 1. The Hall–Kier alpha value is -2.29. The molecule has 19 heavy (non-hydrogen) atoms. The van der Waals surface area contributed by atoms with E-state index in [1.807, 2.05) is 30.3 Å². The molecule has 3 heteroatoms. The summed E-state index contributed by atoms with van der Waals surface area (Å²) in [4.78, 5) is 9.76. The van der Waals surface area contributed by atoms with Crippen LogP contribution in [0.15, 0.2) is 54.6 Å². The van der Waals surface area contributed by atoms with Crippen LogP contribution < -0.4 is 5.32 Å². The van der Waals surface area contributed by atoms with Crippen LogP contribution in [0.1, 0.15) is 11.1 Å². The molecular weight excluding hydrogens is 238 g/mol. The van der Waals surface area contributed by atoms with Crippen LogP contribution in [-0.4, -0.2) is 13.0 Å². The molecule has 2 aromatic rings. The Morgan fingerprint density at radius 3 is 2.53 bits per heavy atom. The average molecular weight is 255 g/mol. The average Bonchev–Trinajstić information content (AvgIpc) is 2.95. The second kappa shape index (κ2) is 7.21. The predicted molar refractivity (Wildman–Crippen MR) is 75.9 cm³/mol. The fourth-order valence-corrected chi connectivity index (χ4v) is 1.95. The number of anilines is 1. The highest BCUT2D eigenvalue weighted by molar-refractivity contribution is 5.54. The first-order chi connectivity index (χ1) is 9.40. The number of carbonyl (C=O) groups excluding carboxylic acids is 1. The summed E-state index contributed by atoms with van der Waals surface area (Å²) in [5, 5.41) is 3.30. The van der Waals surface area contributed by atoms with Crippen LogP contribution in [0.4, 0.5) is 5.69 Å². The number of carbonyl (C=O) groups is 1. The van der Waals surface area contributed by atoms with Crippen molar-refractivity contribution in [3.05, 3.63) is 65.7 Å². The molecule has 0 unspecified atom stereocenters. The maximum Gasteiger partial charge on any atom is 0.293 e. The van der Waals surface area contributed by atoms with Crippen molar-refractivity contribution in [2.45, 2.75) is 13.0 Å². The van der Waals surface area contributed by atoms with E-state index in [0.717, 1.165) is 12.1 Å². The zero-order chi connectivity index (χ0) is 13.3. The Balaban J connectivity index is 0.000000141. The minimum absolute atomic E-state index is 0.365. The summed E-state index contributed by atoms with van der Waals surface area (Å²) in [7, 11) is 0. The molecule has 1 heterocycles. The Kier molecular flexibility index (Phi) is 4.99. The second-order valence-corrected chi connectivity index (χ2v) is 4.23. The van der Waals surface area contributed by atoms with Gasteiger partial charge in [-0.2, -0.15) is 0 Å². The highest BCUT2D eigenvalue weighted by Gasteiger charge is 2.05. The van der Waals surface area contributed by atoms with Crippen molar-refractivity contribution in [3.8, 4) is 0 Å². The number of rotatable bonds is 3. The van der Waals surface area contributed by atoms with E-state index in [1.165, 1.54) is 17.7 Å². The van der Waals surface area contributed by atoms with Crippen molar-refractivity contribution in [1.29, 1.82) is 0 Å². The normalized spacial score (nSPS) is 11.6. The minimum Gasteiger partial charge on any atom is -0.463 e. The van der Waals surface area contributed by atoms with Gasteiger partial charge in [0.25, 0.3) is 6.47 Å². The fraction of sp³-hybridized carbons (Fsp3) is 0.188. The molecule has 0 amide bonds. The van der Waals surface area contributed by atoms with Gasteiger partial charge >= 0.3 is 0 Å². The van der Waals surface area contributed by atoms with Crippen LogP contribution in [0.25, 0.3) is 0 Å². The molecule has 0 saturated carbocycles. The van der Waals surface area contributed by atoms with Gasteiger partial charge in [0.2, 0.25) is 0 Å². The van der Waals surface area contributed by atoms with Crippen LogP contribution in [-0.2, 0) is 22.6 Å². The number of hydrogen-bond acceptors (Lipinski definition) is 3. The summed E-state index contributed by atoms with van der Waals surface area (Å²) >= 11 is 0. The highest BCUT2D eigenvalue weighted by Crippen LogP contribution is 2.19. The zero-order valence-electron chi connectivity index (χ0n) is 10.7. The largest absolute Gasteiger partial charge is 0.463 e. The summed E-state index contributed by atoms with van der Waals surface area (Å²) in [5.41, 5.74) is 3.78. The molecule has 3 rings (SSSR count). The third-order valence-electron chi connectivity index (χ3n) is 2.89. The smallest absolute Gasteiger partial charge is 0.293 e. The molecule has 0 spiro atoms. The van der Waals surface area contributed by atoms with Gasteiger partial charge in [-0.15, -0.1) is 0 Å². The summed E-state index contributed by atoms with van der Waals surface area (Å²) in [6.45, 7) is 1.93. The van der Waals surface area contributed by atoms with Gasteiger partial charge in [-0.3, -0.25) is 4.79 Å². The van der Waals surface area contributed by atoms with Crippen LogP contribution in [0.5, 0.6) is 0 Å². The Labute approximate surface area is 113 Å². The molecule has 0 saturated heterocycles. The molecule has 0 aromatic heterocycles. The van der Waals surface area contributed by atoms with Gasteiger partial charge in [-0.25, -0.2) is 0 Å². The number of hydrogen-bond donors (Lipinski definition) is 1. The van der Waals surface area contributed by atoms with E-state index in [2.05, 4.69) is 34.3 Å². The Morgan fingerprint density at radius 2 is 1.79 bits per heavy atom. The fourth-order valence-electron chi connectivity index (χ4n) is 1.95. The second-order valence-electron chi connectivity index (χ2n) is 4.23. The molecule has 3 nitrogen and oxygen atoms in total. The third kappa shape index (κ3) is 4.14. The summed E-state index contributed by atoms with van der Waals surface area (Å²) in [6, 6.07) is 18.0. The van der Waals surface area contributed by atoms with E-state index < -0.39 is 0 Å². The first kappa shape index (κ1) is 13.1. The molecule has 0 atom stereocenters. The van der Waals surface area contributed by atoms with E-state index in [-0.39, 0.29) is 0 Å². The zero-order valence-corrected chi connectivity index (χ0v) is 10.7. The van der Waals surface area contributed by atoms with Gasteiger partial charge < -0.3 is 10.1 Å². The molecule has 98 valence electrons. The van der Waals surface area contributed by atoms with Crippen molar-refractivity contribution in [1.82, 2.24) is 0 Å². The summed E-state index contributed by atoms with van der Waals surface area (Å²) in [5.74, 6) is 0. The highest BCUT2D eigenvalue weighted by atomic mass is 16.5. The predicted octanol–water partition coefficient (Wildman–Crippen LogP) is 3.01. The molecule has 1 N–H and O–H groups in total. The van der Waals surface area contributed by atoms with E-state index in [4.69, 9.17) is 0 Å². The molecule has 0 bridgehead atoms. The van der Waals surface area contributed by atoms with Gasteiger partial charge in [0.1, 0.15) is 6.61 Å². The molecule has 1 aliphatic rings. The molecule has 2 aromatic carbocycles. The maximum atomic E-state index is 9.76. The number of para-hydroxylation sites is 1. The van der Waals surface area contributed by atoms with Gasteiger partial charge in [-0.05, 0) is 23.6 Å². The summed E-state index contributed by atoms with van der Waals surface area (Å²) in [6.07, 6.45) is 1.19. The van der Waals surface area contributed by atoms with Gasteiger partial charge in [0, 0.05) is 12.2 Å². The van der Waals surface area contributed by atoms with Crippen molar-refractivity contribution in [2.75, 3.05) is 11.9 Å². The van der Waals surface area contributed by atoms with Crippen LogP contribution in [0.3, 0.4) is 0 Å². The van der Waals surface area contributed by atoms with Crippen molar-refractivity contribution >= 4 is 12.2 Å². The number of nitrogens with one attached hydrogen (secondary N) is 1. The lowest BCUT2D eigenvalue weighted by Crippen LogP contribution is -1.90. The number of ether oxygens (including phenoxy) is 1. The SMILES string of the molecule is O=COCc1ccccc1.c1ccc2c(c1)CCN2. The number of benzene rings is 2. The van der Waals surface area contributed by atoms with Gasteiger partial charge in [-0.1, -0.05) is 48.5 Å². The first-order valence-corrected chi connectivity index (χ1v) is 6.31. The standard InChI is InChI=1S/C8H9N.C8H8O2/c1-2-4-8-7(3-1)5-6-9-8;9-7-10-6-8-4-2-1-3-5-8/h1-4,9H,5-6H2;1-5,7H,6H2. The van der Waals surface area contributed by atoms with E-state index in [9.17, 15) is 4.79 Å².